The van der Waals surface area contributed by atoms with E-state index in [4.69, 9.17) is 5.11 Å². The normalized spacial score (nSPS) is 19.0. The molecule has 0 bridgehead atoms. The van der Waals surface area contributed by atoms with Crippen LogP contribution in [0, 0.1) is 5.92 Å². The molecule has 0 aliphatic heterocycles. The zero-order valence-corrected chi connectivity index (χ0v) is 6.68. The van der Waals surface area contributed by atoms with E-state index in [9.17, 15) is 4.79 Å². The van der Waals surface area contributed by atoms with E-state index in [0.717, 1.165) is 12.8 Å². The summed E-state index contributed by atoms with van der Waals surface area (Å²) in [7, 11) is 0. The molecule has 1 aliphatic carbocycles. The summed E-state index contributed by atoms with van der Waals surface area (Å²) in [5.41, 5.74) is 0. The Labute approximate surface area is 70.6 Å². The van der Waals surface area contributed by atoms with Crippen LogP contribution in [0.2, 0.25) is 0 Å². The van der Waals surface area contributed by atoms with E-state index < -0.39 is 5.97 Å². The quantitative estimate of drug-likeness (QED) is 0.737. The molecule has 1 saturated carbocycles. The third-order valence-electron chi connectivity index (χ3n) is 2.27. The van der Waals surface area contributed by atoms with Gasteiger partial charge in [-0.15, -0.1) is 0 Å². The fraction of sp³-hybridized carbons (Fsp3) is 0.444. The highest BCUT2D eigenvalue weighted by Gasteiger charge is 2.36. The van der Waals surface area contributed by atoms with Crippen LogP contribution in [-0.2, 0) is 4.79 Å². The van der Waals surface area contributed by atoms with E-state index in [1.165, 1.54) is 0 Å². The van der Waals surface area contributed by atoms with Gasteiger partial charge in [-0.2, -0.15) is 0 Å². The van der Waals surface area contributed by atoms with Crippen molar-refractivity contribution in [1.29, 1.82) is 0 Å². The maximum absolute atomic E-state index is 10.9. The van der Waals surface area contributed by atoms with Crippen LogP contribution >= 0.6 is 0 Å². The molecule has 0 saturated heterocycles. The van der Waals surface area contributed by atoms with Crippen molar-refractivity contribution >= 4 is 5.97 Å². The lowest BCUT2D eigenvalue weighted by atomic mass is 10.2. The largest absolute Gasteiger partial charge is 0.480 e. The Morgan fingerprint density at radius 2 is 2.00 bits per heavy atom. The first-order valence-electron chi connectivity index (χ1n) is 4.14. The maximum atomic E-state index is 10.9. The second-order valence-electron chi connectivity index (χ2n) is 3.25. The fourth-order valence-corrected chi connectivity index (χ4v) is 1.52. The average Bonchev–Trinajstić information content (AvgIpc) is 2.65. The molecule has 0 aromatic carbocycles. The zero-order valence-electron chi connectivity index (χ0n) is 6.68. The minimum Gasteiger partial charge on any atom is -0.480 e. The highest BCUT2D eigenvalue weighted by molar-refractivity contribution is 5.72. The lowest BCUT2D eigenvalue weighted by molar-refractivity contribution is -0.141. The predicted molar refractivity (Wildman–Crippen MR) is 43.8 cm³/mol. The summed E-state index contributed by atoms with van der Waals surface area (Å²) in [6, 6.07) is 3.39. The fourth-order valence-electron chi connectivity index (χ4n) is 1.52. The Morgan fingerprint density at radius 1 is 1.42 bits per heavy atom. The molecule has 1 aliphatic rings. The van der Waals surface area contributed by atoms with Gasteiger partial charge in [-0.1, -0.05) is 0 Å². The van der Waals surface area contributed by atoms with Gasteiger partial charge >= 0.3 is 5.97 Å². The molecular weight excluding hydrogens is 154 g/mol. The van der Waals surface area contributed by atoms with Crippen LogP contribution in [0.3, 0.4) is 0 Å². The van der Waals surface area contributed by atoms with Crippen molar-refractivity contribution in [3.8, 4) is 0 Å². The van der Waals surface area contributed by atoms with Gasteiger partial charge in [0.05, 0.1) is 0 Å². The molecule has 1 fully saturated rings. The summed E-state index contributed by atoms with van der Waals surface area (Å²) in [6.07, 6.45) is 5.73. The first kappa shape index (κ1) is 7.40. The topological polar surface area (TPSA) is 42.2 Å². The third kappa shape index (κ3) is 1.22. The van der Waals surface area contributed by atoms with Gasteiger partial charge < -0.3 is 9.67 Å². The molecule has 1 aromatic heterocycles. The molecular formula is C9H11NO2. The standard InChI is InChI=1S/C9H11NO2/c11-9(12)8(7-3-4-7)10-5-1-2-6-10/h1-2,5-8H,3-4H2,(H,11,12)/t8-/m1/s1. The molecule has 0 radical (unpaired) electrons. The Balaban J connectivity index is 2.21. The van der Waals surface area contributed by atoms with E-state index in [-0.39, 0.29) is 6.04 Å². The minimum absolute atomic E-state index is 0.333. The Morgan fingerprint density at radius 3 is 2.42 bits per heavy atom. The van der Waals surface area contributed by atoms with Gasteiger partial charge in [0, 0.05) is 12.4 Å². The highest BCUT2D eigenvalue weighted by atomic mass is 16.4. The minimum atomic E-state index is -0.714. The number of nitrogens with zero attached hydrogens (tertiary/aromatic N) is 1. The second kappa shape index (κ2) is 2.66. The van der Waals surface area contributed by atoms with Crippen LogP contribution in [0.25, 0.3) is 0 Å². The Bertz CT molecular complexity index is 275. The molecule has 3 nitrogen and oxygen atoms in total. The van der Waals surface area contributed by atoms with Gasteiger partial charge in [-0.25, -0.2) is 4.79 Å². The van der Waals surface area contributed by atoms with Gasteiger partial charge in [-0.3, -0.25) is 0 Å². The number of carboxylic acids is 1. The lowest BCUT2D eigenvalue weighted by Crippen LogP contribution is -2.19. The van der Waals surface area contributed by atoms with Crippen LogP contribution in [0.4, 0.5) is 0 Å². The molecule has 1 N–H and O–H groups in total. The molecule has 3 heteroatoms. The van der Waals surface area contributed by atoms with Crippen LogP contribution in [0.15, 0.2) is 24.5 Å². The molecule has 12 heavy (non-hydrogen) atoms. The number of carboxylic acid groups (broad SMARTS) is 1. The van der Waals surface area contributed by atoms with E-state index in [0.29, 0.717) is 5.92 Å². The van der Waals surface area contributed by atoms with Crippen molar-refractivity contribution in [1.82, 2.24) is 4.57 Å². The second-order valence-corrected chi connectivity index (χ2v) is 3.25. The summed E-state index contributed by atoms with van der Waals surface area (Å²) in [5, 5.41) is 8.93. The van der Waals surface area contributed by atoms with E-state index >= 15 is 0 Å². The van der Waals surface area contributed by atoms with Gasteiger partial charge in [-0.05, 0) is 30.9 Å². The summed E-state index contributed by atoms with van der Waals surface area (Å²) in [5.74, 6) is -0.358. The summed E-state index contributed by atoms with van der Waals surface area (Å²) >= 11 is 0. The van der Waals surface area contributed by atoms with E-state index in [1.807, 2.05) is 24.5 Å². The Kier molecular flexibility index (Phi) is 1.64. The van der Waals surface area contributed by atoms with Crippen molar-refractivity contribution in [2.24, 2.45) is 5.92 Å². The molecule has 0 unspecified atom stereocenters. The van der Waals surface area contributed by atoms with Crippen LogP contribution in [0.1, 0.15) is 18.9 Å². The predicted octanol–water partition coefficient (Wildman–Crippen LogP) is 1.52. The molecule has 2 rings (SSSR count). The maximum Gasteiger partial charge on any atom is 0.326 e. The van der Waals surface area contributed by atoms with Gasteiger partial charge in [0.1, 0.15) is 6.04 Å². The van der Waals surface area contributed by atoms with Crippen molar-refractivity contribution < 1.29 is 9.90 Å². The molecule has 1 aromatic rings. The number of hydrogen-bond donors (Lipinski definition) is 1. The molecule has 1 atom stereocenters. The first-order chi connectivity index (χ1) is 5.79. The van der Waals surface area contributed by atoms with Crippen molar-refractivity contribution in [3.63, 3.8) is 0 Å². The molecule has 0 amide bonds. The molecule has 0 spiro atoms. The monoisotopic (exact) mass is 165 g/mol. The molecule has 64 valence electrons. The van der Waals surface area contributed by atoms with Crippen LogP contribution in [-0.4, -0.2) is 15.6 Å². The zero-order chi connectivity index (χ0) is 8.55. The van der Waals surface area contributed by atoms with Crippen molar-refractivity contribution in [3.05, 3.63) is 24.5 Å². The third-order valence-corrected chi connectivity index (χ3v) is 2.27. The smallest absolute Gasteiger partial charge is 0.326 e. The number of carbonyl (C=O) groups is 1. The number of hydrogen-bond acceptors (Lipinski definition) is 1. The number of aromatic nitrogens is 1. The summed E-state index contributed by atoms with van der Waals surface area (Å²) < 4.78 is 1.78. The summed E-state index contributed by atoms with van der Waals surface area (Å²) in [4.78, 5) is 10.9. The summed E-state index contributed by atoms with van der Waals surface area (Å²) in [6.45, 7) is 0. The van der Waals surface area contributed by atoms with Crippen molar-refractivity contribution in [2.45, 2.75) is 18.9 Å². The number of rotatable bonds is 3. The van der Waals surface area contributed by atoms with Gasteiger partial charge in [0.25, 0.3) is 0 Å². The van der Waals surface area contributed by atoms with E-state index in [2.05, 4.69) is 0 Å². The van der Waals surface area contributed by atoms with Crippen LogP contribution in [0.5, 0.6) is 0 Å². The van der Waals surface area contributed by atoms with Crippen molar-refractivity contribution in [2.75, 3.05) is 0 Å². The Hall–Kier alpha value is -1.25. The van der Waals surface area contributed by atoms with Gasteiger partial charge in [0.15, 0.2) is 0 Å². The van der Waals surface area contributed by atoms with Gasteiger partial charge in [0.2, 0.25) is 0 Å². The average molecular weight is 165 g/mol. The lowest BCUT2D eigenvalue weighted by Gasteiger charge is -2.12. The molecule has 1 heterocycles. The van der Waals surface area contributed by atoms with Crippen LogP contribution < -0.4 is 0 Å². The SMILES string of the molecule is O=C(O)[C@@H](C1CC1)n1cccc1. The first-order valence-corrected chi connectivity index (χ1v) is 4.14. The number of aliphatic carboxylic acids is 1. The van der Waals surface area contributed by atoms with E-state index in [1.54, 1.807) is 4.57 Å². The highest BCUT2D eigenvalue weighted by Crippen LogP contribution is 2.39.